The lowest BCUT2D eigenvalue weighted by Gasteiger charge is -2.11. The van der Waals surface area contributed by atoms with Gasteiger partial charge in [-0.05, 0) is 24.6 Å². The van der Waals surface area contributed by atoms with Gasteiger partial charge in [-0.3, -0.25) is 0 Å². The molecule has 0 heterocycles. The van der Waals surface area contributed by atoms with E-state index in [9.17, 15) is 0 Å². The largest absolute Gasteiger partial charge is 0.495 e. The Kier molecular flexibility index (Phi) is 5.67. The summed E-state index contributed by atoms with van der Waals surface area (Å²) >= 11 is 0. The summed E-state index contributed by atoms with van der Waals surface area (Å²) in [6.07, 6.45) is 0. The van der Waals surface area contributed by atoms with E-state index in [1.165, 1.54) is 5.56 Å². The van der Waals surface area contributed by atoms with E-state index in [0.29, 0.717) is 19.8 Å². The van der Waals surface area contributed by atoms with Gasteiger partial charge in [0.05, 0.1) is 32.6 Å². The maximum Gasteiger partial charge on any atom is 0.141 e. The molecule has 0 spiro atoms. The van der Waals surface area contributed by atoms with Gasteiger partial charge in [-0.15, -0.1) is 0 Å². The highest BCUT2D eigenvalue weighted by molar-refractivity contribution is 5.57. The molecular weight excluding hydrogens is 206 g/mol. The summed E-state index contributed by atoms with van der Waals surface area (Å²) in [4.78, 5) is 0. The van der Waals surface area contributed by atoms with Gasteiger partial charge in [0.2, 0.25) is 0 Å². The van der Waals surface area contributed by atoms with Crippen LogP contribution in [0.25, 0.3) is 0 Å². The number of benzene rings is 1. The molecule has 0 radical (unpaired) electrons. The van der Waals surface area contributed by atoms with Crippen molar-refractivity contribution < 1.29 is 14.6 Å². The molecule has 0 atom stereocenters. The lowest BCUT2D eigenvalue weighted by Crippen LogP contribution is -2.11. The number of aliphatic hydroxyl groups is 1. The van der Waals surface area contributed by atoms with Crippen LogP contribution >= 0.6 is 0 Å². The second-order valence-corrected chi connectivity index (χ2v) is 3.47. The molecule has 0 aliphatic rings. The summed E-state index contributed by atoms with van der Waals surface area (Å²) in [5.41, 5.74) is 2.15. The molecule has 90 valence electrons. The minimum absolute atomic E-state index is 0.0633. The minimum Gasteiger partial charge on any atom is -0.495 e. The third-order valence-electron chi connectivity index (χ3n) is 2.15. The first-order valence-electron chi connectivity index (χ1n) is 5.35. The summed E-state index contributed by atoms with van der Waals surface area (Å²) < 4.78 is 10.4. The molecule has 2 N–H and O–H groups in total. The molecule has 4 nitrogen and oxygen atoms in total. The quantitative estimate of drug-likeness (QED) is 0.689. The van der Waals surface area contributed by atoms with Gasteiger partial charge in [-0.2, -0.15) is 0 Å². The normalized spacial score (nSPS) is 10.2. The van der Waals surface area contributed by atoms with Gasteiger partial charge in [0.15, 0.2) is 0 Å². The highest BCUT2D eigenvalue weighted by Gasteiger charge is 2.01. The molecule has 0 fully saturated rings. The van der Waals surface area contributed by atoms with E-state index in [1.807, 2.05) is 25.1 Å². The number of methoxy groups -OCH3 is 1. The first kappa shape index (κ1) is 12.8. The predicted molar refractivity (Wildman–Crippen MR) is 64.1 cm³/mol. The zero-order valence-electron chi connectivity index (χ0n) is 9.82. The van der Waals surface area contributed by atoms with Crippen molar-refractivity contribution in [3.63, 3.8) is 0 Å². The first-order valence-corrected chi connectivity index (χ1v) is 5.35. The average Bonchev–Trinajstić information content (AvgIpc) is 2.29. The second kappa shape index (κ2) is 7.09. The summed E-state index contributed by atoms with van der Waals surface area (Å²) in [7, 11) is 1.65. The van der Waals surface area contributed by atoms with E-state index >= 15 is 0 Å². The number of rotatable bonds is 7. The topological polar surface area (TPSA) is 50.7 Å². The smallest absolute Gasteiger partial charge is 0.141 e. The van der Waals surface area contributed by atoms with Crippen LogP contribution in [0.5, 0.6) is 5.75 Å². The Morgan fingerprint density at radius 1 is 1.31 bits per heavy atom. The van der Waals surface area contributed by atoms with Crippen molar-refractivity contribution in [1.29, 1.82) is 0 Å². The number of nitrogens with one attached hydrogen (secondary N) is 1. The van der Waals surface area contributed by atoms with Gasteiger partial charge >= 0.3 is 0 Å². The van der Waals surface area contributed by atoms with E-state index < -0.39 is 0 Å². The average molecular weight is 225 g/mol. The molecule has 0 aliphatic carbocycles. The predicted octanol–water partition coefficient (Wildman–Crippen LogP) is 1.42. The van der Waals surface area contributed by atoms with Crippen molar-refractivity contribution in [3.05, 3.63) is 23.8 Å². The molecule has 0 unspecified atom stereocenters. The van der Waals surface area contributed by atoms with Crippen LogP contribution in [0.1, 0.15) is 5.56 Å². The molecule has 0 aromatic heterocycles. The number of aryl methyl sites for hydroxylation is 1. The van der Waals surface area contributed by atoms with Crippen molar-refractivity contribution in [3.8, 4) is 5.75 Å². The molecule has 16 heavy (non-hydrogen) atoms. The van der Waals surface area contributed by atoms with Gasteiger partial charge in [-0.25, -0.2) is 0 Å². The molecule has 1 aromatic carbocycles. The SMILES string of the molecule is COc1ccc(C)cc1NCCOCCO. The van der Waals surface area contributed by atoms with Crippen molar-refractivity contribution >= 4 is 5.69 Å². The number of hydrogen-bond acceptors (Lipinski definition) is 4. The zero-order valence-corrected chi connectivity index (χ0v) is 9.82. The lowest BCUT2D eigenvalue weighted by molar-refractivity contribution is 0.0992. The summed E-state index contributed by atoms with van der Waals surface area (Å²) in [5, 5.41) is 11.8. The van der Waals surface area contributed by atoms with Gasteiger partial charge in [0.1, 0.15) is 5.75 Å². The third-order valence-corrected chi connectivity index (χ3v) is 2.15. The van der Waals surface area contributed by atoms with Crippen molar-refractivity contribution in [2.24, 2.45) is 0 Å². The molecule has 0 saturated heterocycles. The van der Waals surface area contributed by atoms with E-state index in [-0.39, 0.29) is 6.61 Å². The van der Waals surface area contributed by atoms with E-state index in [1.54, 1.807) is 7.11 Å². The highest BCUT2D eigenvalue weighted by atomic mass is 16.5. The highest BCUT2D eigenvalue weighted by Crippen LogP contribution is 2.24. The molecule has 0 aliphatic heterocycles. The molecular formula is C12H19NO3. The monoisotopic (exact) mass is 225 g/mol. The maximum atomic E-state index is 8.54. The molecule has 0 bridgehead atoms. The van der Waals surface area contributed by atoms with Gasteiger partial charge in [0, 0.05) is 6.54 Å². The van der Waals surface area contributed by atoms with Crippen molar-refractivity contribution in [1.82, 2.24) is 0 Å². The second-order valence-electron chi connectivity index (χ2n) is 3.47. The Bertz CT molecular complexity index is 315. The van der Waals surface area contributed by atoms with Crippen LogP contribution in [-0.2, 0) is 4.74 Å². The van der Waals surface area contributed by atoms with Crippen molar-refractivity contribution in [2.75, 3.05) is 38.8 Å². The Balaban J connectivity index is 2.42. The zero-order chi connectivity index (χ0) is 11.8. The van der Waals surface area contributed by atoms with Gasteiger partial charge < -0.3 is 19.9 Å². The van der Waals surface area contributed by atoms with Crippen LogP contribution in [0, 0.1) is 6.92 Å². The van der Waals surface area contributed by atoms with E-state index in [4.69, 9.17) is 14.6 Å². The van der Waals surface area contributed by atoms with Crippen LogP contribution in [0.4, 0.5) is 5.69 Å². The molecule has 1 aromatic rings. The summed E-state index contributed by atoms with van der Waals surface area (Å²) in [6, 6.07) is 5.98. The first-order chi connectivity index (χ1) is 7.77. The number of hydrogen-bond donors (Lipinski definition) is 2. The standard InChI is InChI=1S/C12H19NO3/c1-10-3-4-12(15-2)11(9-10)13-5-7-16-8-6-14/h3-4,9,13-14H,5-8H2,1-2H3. The minimum atomic E-state index is 0.0633. The van der Waals surface area contributed by atoms with E-state index in [0.717, 1.165) is 11.4 Å². The molecule has 1 rings (SSSR count). The van der Waals surface area contributed by atoms with Crippen LogP contribution in [0.15, 0.2) is 18.2 Å². The van der Waals surface area contributed by atoms with Gasteiger partial charge in [-0.1, -0.05) is 6.07 Å². The summed E-state index contributed by atoms with van der Waals surface area (Å²) in [6.45, 7) is 3.74. The molecule has 0 saturated carbocycles. The fraction of sp³-hybridized carbons (Fsp3) is 0.500. The number of aliphatic hydroxyl groups excluding tert-OH is 1. The van der Waals surface area contributed by atoms with E-state index in [2.05, 4.69) is 5.32 Å². The van der Waals surface area contributed by atoms with Crippen LogP contribution in [0.3, 0.4) is 0 Å². The Labute approximate surface area is 96.2 Å². The summed E-state index contributed by atoms with van der Waals surface area (Å²) in [5.74, 6) is 0.827. The lowest BCUT2D eigenvalue weighted by atomic mass is 10.2. The van der Waals surface area contributed by atoms with Crippen molar-refractivity contribution in [2.45, 2.75) is 6.92 Å². The third kappa shape index (κ3) is 4.08. The Morgan fingerprint density at radius 2 is 2.12 bits per heavy atom. The van der Waals surface area contributed by atoms with Crippen LogP contribution in [0.2, 0.25) is 0 Å². The number of anilines is 1. The van der Waals surface area contributed by atoms with Crippen LogP contribution < -0.4 is 10.1 Å². The van der Waals surface area contributed by atoms with Gasteiger partial charge in [0.25, 0.3) is 0 Å². The number of ether oxygens (including phenoxy) is 2. The van der Waals surface area contributed by atoms with Crippen LogP contribution in [-0.4, -0.2) is 38.6 Å². The Hall–Kier alpha value is -1.26. The maximum absolute atomic E-state index is 8.54. The fourth-order valence-corrected chi connectivity index (χ4v) is 1.38. The Morgan fingerprint density at radius 3 is 2.81 bits per heavy atom. The molecule has 0 amide bonds. The fourth-order valence-electron chi connectivity index (χ4n) is 1.38. The molecule has 4 heteroatoms.